The van der Waals surface area contributed by atoms with E-state index < -0.39 is 41.6 Å². The van der Waals surface area contributed by atoms with Crippen molar-refractivity contribution in [3.05, 3.63) is 27.0 Å². The van der Waals surface area contributed by atoms with Gasteiger partial charge in [-0.05, 0) is 0 Å². The number of anilines is 1. The normalized spacial score (nSPS) is 20.3. The van der Waals surface area contributed by atoms with Gasteiger partial charge in [-0.2, -0.15) is 0 Å². The summed E-state index contributed by atoms with van der Waals surface area (Å²) in [4.78, 5) is 49.2. The summed E-state index contributed by atoms with van der Waals surface area (Å²) in [7, 11) is 0. The predicted molar refractivity (Wildman–Crippen MR) is 53.5 cm³/mol. The van der Waals surface area contributed by atoms with Crippen LogP contribution in [-0.2, 0) is 4.79 Å². The van der Waals surface area contributed by atoms with Gasteiger partial charge in [0.15, 0.2) is 6.17 Å². The molecule has 1 fully saturated rings. The average molecular weight is 242 g/mol. The Morgan fingerprint density at radius 2 is 2.00 bits per heavy atom. The molecule has 0 saturated carbocycles. The molecule has 2 rings (SSSR count). The quantitative estimate of drug-likeness (QED) is 0.553. The Kier molecular flexibility index (Phi) is 2.50. The maximum atomic E-state index is 13.1. The van der Waals surface area contributed by atoms with Crippen molar-refractivity contribution in [2.45, 2.75) is 6.17 Å². The zero-order valence-corrected chi connectivity index (χ0v) is 8.32. The zero-order valence-electron chi connectivity index (χ0n) is 8.32. The van der Waals surface area contributed by atoms with Gasteiger partial charge in [0.1, 0.15) is 5.69 Å². The van der Waals surface area contributed by atoms with Gasteiger partial charge in [0.05, 0.1) is 6.54 Å². The van der Waals surface area contributed by atoms with Crippen molar-refractivity contribution in [1.82, 2.24) is 15.3 Å². The minimum atomic E-state index is -1.92. The highest BCUT2D eigenvalue weighted by atomic mass is 19.1. The van der Waals surface area contributed by atoms with Crippen LogP contribution >= 0.6 is 0 Å². The van der Waals surface area contributed by atoms with E-state index in [2.05, 4.69) is 10.3 Å². The molecule has 1 saturated heterocycles. The van der Waals surface area contributed by atoms with E-state index in [1.54, 1.807) is 0 Å². The molecule has 0 bridgehead atoms. The van der Waals surface area contributed by atoms with Gasteiger partial charge in [-0.1, -0.05) is 0 Å². The average Bonchev–Trinajstić information content (AvgIpc) is 2.27. The van der Waals surface area contributed by atoms with Crippen molar-refractivity contribution >= 4 is 17.6 Å². The van der Waals surface area contributed by atoms with Crippen LogP contribution in [0.1, 0.15) is 0 Å². The second-order valence-electron chi connectivity index (χ2n) is 3.28. The SMILES string of the molecule is O=C1NCC(F)C(=O)N1c1c[nH]c(=O)[nH]c1=O. The molecule has 3 N–H and O–H groups in total. The standard InChI is InChI=1S/C8H7FN4O4/c9-3-1-11-8(17)13(6(3)15)4-2-10-7(16)12-5(4)14/h2-3H,1H2,(H,11,17)(H2,10,12,14,16). The third-order valence-corrected chi connectivity index (χ3v) is 2.16. The number of hydrogen-bond donors (Lipinski definition) is 3. The molecule has 9 heteroatoms. The number of urea groups is 1. The lowest BCUT2D eigenvalue weighted by Gasteiger charge is -2.26. The predicted octanol–water partition coefficient (Wildman–Crippen LogP) is -1.54. The van der Waals surface area contributed by atoms with Crippen molar-refractivity contribution in [1.29, 1.82) is 0 Å². The number of aromatic nitrogens is 2. The Morgan fingerprint density at radius 1 is 1.29 bits per heavy atom. The molecule has 2 heterocycles. The van der Waals surface area contributed by atoms with Crippen molar-refractivity contribution in [2.24, 2.45) is 0 Å². The van der Waals surface area contributed by atoms with Crippen molar-refractivity contribution < 1.29 is 14.0 Å². The summed E-state index contributed by atoms with van der Waals surface area (Å²) in [6, 6.07) is -0.915. The molecule has 90 valence electrons. The van der Waals surface area contributed by atoms with Gasteiger partial charge >= 0.3 is 11.7 Å². The summed E-state index contributed by atoms with van der Waals surface area (Å²) >= 11 is 0. The summed E-state index contributed by atoms with van der Waals surface area (Å²) in [5.74, 6) is -1.15. The monoisotopic (exact) mass is 242 g/mol. The molecule has 1 atom stereocenters. The Labute approximate surface area is 92.4 Å². The van der Waals surface area contributed by atoms with Crippen molar-refractivity contribution in [2.75, 3.05) is 11.4 Å². The number of nitrogens with zero attached hydrogens (tertiary/aromatic N) is 1. The van der Waals surface area contributed by atoms with Crippen molar-refractivity contribution in [3.63, 3.8) is 0 Å². The minimum absolute atomic E-state index is 0.350. The molecule has 1 aliphatic rings. The molecule has 8 nitrogen and oxygen atoms in total. The van der Waals surface area contributed by atoms with Crippen LogP contribution in [-0.4, -0.2) is 34.6 Å². The fourth-order valence-electron chi connectivity index (χ4n) is 1.38. The minimum Gasteiger partial charge on any atom is -0.334 e. The molecule has 17 heavy (non-hydrogen) atoms. The van der Waals surface area contributed by atoms with Crippen LogP contribution in [0.5, 0.6) is 0 Å². The summed E-state index contributed by atoms with van der Waals surface area (Å²) in [6.07, 6.45) is -1.05. The van der Waals surface area contributed by atoms with E-state index in [9.17, 15) is 23.6 Å². The fourth-order valence-corrected chi connectivity index (χ4v) is 1.38. The van der Waals surface area contributed by atoms with Gasteiger partial charge in [-0.25, -0.2) is 18.9 Å². The smallest absolute Gasteiger partial charge is 0.329 e. The number of aromatic amines is 2. The first kappa shape index (κ1) is 11.0. The van der Waals surface area contributed by atoms with E-state index in [4.69, 9.17) is 0 Å². The topological polar surface area (TPSA) is 115 Å². The van der Waals surface area contributed by atoms with E-state index in [1.165, 1.54) is 0 Å². The Balaban J connectivity index is 2.50. The van der Waals surface area contributed by atoms with E-state index in [-0.39, 0.29) is 0 Å². The first-order chi connectivity index (χ1) is 8.00. The van der Waals surface area contributed by atoms with Gasteiger partial charge < -0.3 is 10.3 Å². The lowest BCUT2D eigenvalue weighted by Crippen LogP contribution is -2.57. The van der Waals surface area contributed by atoms with Crippen LogP contribution in [0.15, 0.2) is 15.8 Å². The second-order valence-corrected chi connectivity index (χ2v) is 3.28. The molecule has 3 amide bonds. The van der Waals surface area contributed by atoms with Crippen LogP contribution in [0, 0.1) is 0 Å². The number of imide groups is 1. The van der Waals surface area contributed by atoms with Gasteiger partial charge in [-0.3, -0.25) is 14.6 Å². The number of rotatable bonds is 1. The van der Waals surface area contributed by atoms with Gasteiger partial charge in [-0.15, -0.1) is 0 Å². The molecule has 0 radical (unpaired) electrons. The van der Waals surface area contributed by atoms with E-state index in [0.29, 0.717) is 4.90 Å². The van der Waals surface area contributed by atoms with Crippen LogP contribution in [0.2, 0.25) is 0 Å². The third kappa shape index (κ3) is 1.82. The highest BCUT2D eigenvalue weighted by molar-refractivity contribution is 6.17. The highest BCUT2D eigenvalue weighted by Gasteiger charge is 2.36. The number of carbonyl (C=O) groups is 2. The summed E-state index contributed by atoms with van der Waals surface area (Å²) < 4.78 is 13.1. The Hall–Kier alpha value is -2.45. The highest BCUT2D eigenvalue weighted by Crippen LogP contribution is 2.12. The Bertz CT molecular complexity index is 592. The molecule has 1 aromatic rings. The first-order valence-electron chi connectivity index (χ1n) is 4.58. The number of halogens is 1. The summed E-state index contributed by atoms with van der Waals surface area (Å²) in [5, 5.41) is 2.10. The van der Waals surface area contributed by atoms with Crippen LogP contribution in [0.25, 0.3) is 0 Å². The molecular formula is C8H7FN4O4. The molecule has 1 aliphatic heterocycles. The molecular weight excluding hydrogens is 235 g/mol. The number of amides is 3. The number of carbonyl (C=O) groups excluding carboxylic acids is 2. The van der Waals surface area contributed by atoms with Crippen molar-refractivity contribution in [3.8, 4) is 0 Å². The maximum Gasteiger partial charge on any atom is 0.329 e. The Morgan fingerprint density at radius 3 is 2.65 bits per heavy atom. The molecule has 0 aromatic carbocycles. The van der Waals surface area contributed by atoms with E-state index in [0.717, 1.165) is 6.20 Å². The maximum absolute atomic E-state index is 13.1. The number of alkyl halides is 1. The number of H-pyrrole nitrogens is 2. The van der Waals surface area contributed by atoms with Crippen LogP contribution < -0.4 is 21.5 Å². The number of hydrogen-bond acceptors (Lipinski definition) is 4. The summed E-state index contributed by atoms with van der Waals surface area (Å²) in [6.45, 7) is -0.435. The fraction of sp³-hybridized carbons (Fsp3) is 0.250. The van der Waals surface area contributed by atoms with E-state index in [1.807, 2.05) is 4.98 Å². The van der Waals surface area contributed by atoms with Gasteiger partial charge in [0.2, 0.25) is 0 Å². The van der Waals surface area contributed by atoms with Crippen LogP contribution in [0.3, 0.4) is 0 Å². The van der Waals surface area contributed by atoms with Crippen LogP contribution in [0.4, 0.5) is 14.9 Å². The lowest BCUT2D eigenvalue weighted by molar-refractivity contribution is -0.123. The largest absolute Gasteiger partial charge is 0.334 e. The first-order valence-corrected chi connectivity index (χ1v) is 4.58. The molecule has 1 unspecified atom stereocenters. The lowest BCUT2D eigenvalue weighted by atomic mass is 10.2. The number of nitrogens with one attached hydrogen (secondary N) is 3. The van der Waals surface area contributed by atoms with Gasteiger partial charge in [0.25, 0.3) is 11.5 Å². The molecule has 0 aliphatic carbocycles. The third-order valence-electron chi connectivity index (χ3n) is 2.16. The summed E-state index contributed by atoms with van der Waals surface area (Å²) in [5.41, 5.74) is -2.18. The zero-order chi connectivity index (χ0) is 12.6. The van der Waals surface area contributed by atoms with Gasteiger partial charge in [0, 0.05) is 6.20 Å². The second kappa shape index (κ2) is 3.85. The van der Waals surface area contributed by atoms with E-state index >= 15 is 0 Å². The molecule has 0 spiro atoms. The molecule has 1 aromatic heterocycles.